The van der Waals surface area contributed by atoms with E-state index in [2.05, 4.69) is 20.3 Å². The summed E-state index contributed by atoms with van der Waals surface area (Å²) in [5.74, 6) is 0.311. The van der Waals surface area contributed by atoms with Crippen molar-refractivity contribution in [2.75, 3.05) is 7.11 Å². The molecule has 3 aromatic rings. The summed E-state index contributed by atoms with van der Waals surface area (Å²) in [5.41, 5.74) is 4.04. The number of methoxy groups -OCH3 is 1. The van der Waals surface area contributed by atoms with Crippen molar-refractivity contribution in [1.82, 2.24) is 20.3 Å². The van der Waals surface area contributed by atoms with Gasteiger partial charge in [-0.15, -0.1) is 0 Å². The Morgan fingerprint density at radius 3 is 3.00 bits per heavy atom. The van der Waals surface area contributed by atoms with Gasteiger partial charge in [-0.3, -0.25) is 9.78 Å². The number of nitrogens with one attached hydrogen (secondary N) is 2. The Hall–Kier alpha value is -3.40. The number of hydrogen-bond donors (Lipinski definition) is 2. The van der Waals surface area contributed by atoms with E-state index < -0.39 is 0 Å². The van der Waals surface area contributed by atoms with Gasteiger partial charge in [0.25, 0.3) is 5.91 Å². The maximum absolute atomic E-state index is 12.3. The van der Waals surface area contributed by atoms with Gasteiger partial charge in [0.15, 0.2) is 0 Å². The summed E-state index contributed by atoms with van der Waals surface area (Å²) in [6.07, 6.45) is 3.05. The lowest BCUT2D eigenvalue weighted by atomic mass is 10.1. The number of aromatic nitrogens is 3. The van der Waals surface area contributed by atoms with E-state index in [9.17, 15) is 4.79 Å². The summed E-state index contributed by atoms with van der Waals surface area (Å²) in [7, 11) is 1.58. The highest BCUT2D eigenvalue weighted by molar-refractivity contribution is 5.93. The van der Waals surface area contributed by atoms with Crippen molar-refractivity contribution < 1.29 is 9.53 Å². The standard InChI is InChI=1S/C17H15N5O2/c1-10-5-14(24-2)12(16-15(10)21-9-22-16)8-20-17(23)13-6-11(7-18)3-4-19-13/h3-6,9H,8H2,1-2H3,(H,20,23)(H,21,22). The molecule has 0 saturated heterocycles. The van der Waals surface area contributed by atoms with E-state index in [1.807, 2.05) is 19.1 Å². The number of amides is 1. The van der Waals surface area contributed by atoms with Gasteiger partial charge < -0.3 is 15.0 Å². The lowest BCUT2D eigenvalue weighted by Gasteiger charge is -2.12. The predicted molar refractivity (Wildman–Crippen MR) is 87.5 cm³/mol. The monoisotopic (exact) mass is 321 g/mol. The third-order valence-electron chi connectivity index (χ3n) is 3.73. The molecule has 0 atom stereocenters. The number of carbonyl (C=O) groups is 1. The second-order valence-electron chi connectivity index (χ2n) is 5.22. The van der Waals surface area contributed by atoms with Crippen LogP contribution >= 0.6 is 0 Å². The number of carbonyl (C=O) groups excluding carboxylic acids is 1. The lowest BCUT2D eigenvalue weighted by Crippen LogP contribution is -2.24. The van der Waals surface area contributed by atoms with Gasteiger partial charge in [-0.25, -0.2) is 4.98 Å². The summed E-state index contributed by atoms with van der Waals surface area (Å²) < 4.78 is 5.42. The number of fused-ring (bicyclic) bond motifs is 1. The van der Waals surface area contributed by atoms with E-state index in [1.165, 1.54) is 12.3 Å². The second kappa shape index (κ2) is 6.38. The Balaban J connectivity index is 1.88. The minimum absolute atomic E-state index is 0.195. The number of benzene rings is 1. The van der Waals surface area contributed by atoms with Crippen LogP contribution in [0, 0.1) is 18.3 Å². The zero-order valence-electron chi connectivity index (χ0n) is 13.3. The van der Waals surface area contributed by atoms with Crippen molar-refractivity contribution in [2.24, 2.45) is 0 Å². The normalized spacial score (nSPS) is 10.4. The summed E-state index contributed by atoms with van der Waals surface area (Å²) >= 11 is 0. The van der Waals surface area contributed by atoms with Gasteiger partial charge in [0, 0.05) is 18.3 Å². The topological polar surface area (TPSA) is 104 Å². The average molecular weight is 321 g/mol. The van der Waals surface area contributed by atoms with E-state index in [4.69, 9.17) is 10.00 Å². The number of aryl methyl sites for hydroxylation is 1. The predicted octanol–water partition coefficient (Wildman–Crippen LogP) is 2.08. The fraction of sp³-hybridized carbons (Fsp3) is 0.176. The van der Waals surface area contributed by atoms with Gasteiger partial charge in [0.1, 0.15) is 11.4 Å². The van der Waals surface area contributed by atoms with Gasteiger partial charge in [-0.1, -0.05) is 0 Å². The number of nitrogens with zero attached hydrogens (tertiary/aromatic N) is 3. The molecule has 3 rings (SSSR count). The molecule has 0 unspecified atom stereocenters. The van der Waals surface area contributed by atoms with Crippen LogP contribution in [0.1, 0.15) is 27.2 Å². The quantitative estimate of drug-likeness (QED) is 0.765. The van der Waals surface area contributed by atoms with E-state index in [-0.39, 0.29) is 18.1 Å². The largest absolute Gasteiger partial charge is 0.496 e. The molecule has 120 valence electrons. The van der Waals surface area contributed by atoms with Crippen molar-refractivity contribution in [3.05, 3.63) is 53.1 Å². The molecule has 2 heterocycles. The maximum atomic E-state index is 12.3. The number of nitriles is 1. The number of rotatable bonds is 4. The van der Waals surface area contributed by atoms with Crippen LogP contribution in [-0.4, -0.2) is 28.0 Å². The summed E-state index contributed by atoms with van der Waals surface area (Å²) in [6.45, 7) is 2.20. The van der Waals surface area contributed by atoms with Gasteiger partial charge in [-0.05, 0) is 30.7 Å². The molecular weight excluding hydrogens is 306 g/mol. The van der Waals surface area contributed by atoms with Crippen molar-refractivity contribution >= 4 is 16.9 Å². The highest BCUT2D eigenvalue weighted by atomic mass is 16.5. The first kappa shape index (κ1) is 15.5. The first-order chi connectivity index (χ1) is 11.6. The molecule has 1 aromatic carbocycles. The van der Waals surface area contributed by atoms with E-state index in [0.29, 0.717) is 11.3 Å². The number of H-pyrrole nitrogens is 1. The SMILES string of the molecule is COc1cc(C)c2nc[nH]c2c1CNC(=O)c1cc(C#N)ccn1. The molecule has 7 heteroatoms. The summed E-state index contributed by atoms with van der Waals surface area (Å²) in [6, 6.07) is 6.88. The van der Waals surface area contributed by atoms with Gasteiger partial charge in [0.2, 0.25) is 0 Å². The second-order valence-corrected chi connectivity index (χ2v) is 5.22. The minimum Gasteiger partial charge on any atom is -0.496 e. The van der Waals surface area contributed by atoms with Gasteiger partial charge in [-0.2, -0.15) is 5.26 Å². The van der Waals surface area contributed by atoms with Crippen molar-refractivity contribution in [3.8, 4) is 11.8 Å². The van der Waals surface area contributed by atoms with Crippen molar-refractivity contribution in [1.29, 1.82) is 5.26 Å². The number of pyridine rings is 1. The zero-order valence-corrected chi connectivity index (χ0v) is 13.3. The Bertz CT molecular complexity index is 955. The smallest absolute Gasteiger partial charge is 0.270 e. The molecule has 2 aromatic heterocycles. The van der Waals surface area contributed by atoms with Crippen LogP contribution in [0.15, 0.2) is 30.7 Å². The third-order valence-corrected chi connectivity index (χ3v) is 3.73. The van der Waals surface area contributed by atoms with Crippen LogP contribution in [0.5, 0.6) is 5.75 Å². The highest BCUT2D eigenvalue weighted by Crippen LogP contribution is 2.28. The third kappa shape index (κ3) is 2.77. The molecular formula is C17H15N5O2. The molecule has 0 fully saturated rings. The zero-order chi connectivity index (χ0) is 17.1. The summed E-state index contributed by atoms with van der Waals surface area (Å²) in [5, 5.41) is 11.7. The molecule has 24 heavy (non-hydrogen) atoms. The Morgan fingerprint density at radius 2 is 2.25 bits per heavy atom. The molecule has 0 bridgehead atoms. The Morgan fingerprint density at radius 1 is 1.42 bits per heavy atom. The molecule has 1 amide bonds. The van der Waals surface area contributed by atoms with Crippen LogP contribution in [0.2, 0.25) is 0 Å². The van der Waals surface area contributed by atoms with Gasteiger partial charge in [0.05, 0.1) is 36.1 Å². The molecule has 0 saturated carbocycles. The Kier molecular flexibility index (Phi) is 4.12. The number of aromatic amines is 1. The van der Waals surface area contributed by atoms with Gasteiger partial charge >= 0.3 is 0 Å². The average Bonchev–Trinajstić information content (AvgIpc) is 3.10. The fourth-order valence-electron chi connectivity index (χ4n) is 2.54. The van der Waals surface area contributed by atoms with Crippen LogP contribution in [0.25, 0.3) is 11.0 Å². The Labute approximate surface area is 138 Å². The van der Waals surface area contributed by atoms with Crippen LogP contribution in [-0.2, 0) is 6.54 Å². The molecule has 7 nitrogen and oxygen atoms in total. The van der Waals surface area contributed by atoms with Crippen molar-refractivity contribution in [3.63, 3.8) is 0 Å². The van der Waals surface area contributed by atoms with E-state index in [1.54, 1.807) is 19.5 Å². The molecule has 0 radical (unpaired) electrons. The number of imidazole rings is 1. The van der Waals surface area contributed by atoms with Crippen molar-refractivity contribution in [2.45, 2.75) is 13.5 Å². The number of ether oxygens (including phenoxy) is 1. The van der Waals surface area contributed by atoms with E-state index >= 15 is 0 Å². The van der Waals surface area contributed by atoms with Crippen LogP contribution in [0.3, 0.4) is 0 Å². The number of hydrogen-bond acceptors (Lipinski definition) is 5. The fourth-order valence-corrected chi connectivity index (χ4v) is 2.54. The minimum atomic E-state index is -0.359. The molecule has 0 aliphatic heterocycles. The summed E-state index contributed by atoms with van der Waals surface area (Å²) in [4.78, 5) is 23.6. The molecule has 2 N–H and O–H groups in total. The molecule has 0 aliphatic rings. The first-order valence-electron chi connectivity index (χ1n) is 7.28. The van der Waals surface area contributed by atoms with Crippen LogP contribution in [0.4, 0.5) is 0 Å². The van der Waals surface area contributed by atoms with Crippen LogP contribution < -0.4 is 10.1 Å². The first-order valence-corrected chi connectivity index (χ1v) is 7.28. The molecule has 0 spiro atoms. The molecule has 0 aliphatic carbocycles. The van der Waals surface area contributed by atoms with E-state index in [0.717, 1.165) is 22.2 Å². The maximum Gasteiger partial charge on any atom is 0.270 e. The highest BCUT2D eigenvalue weighted by Gasteiger charge is 2.15. The lowest BCUT2D eigenvalue weighted by molar-refractivity contribution is 0.0946.